The van der Waals surface area contributed by atoms with Crippen LogP contribution in [-0.4, -0.2) is 25.2 Å². The second-order valence-electron chi connectivity index (χ2n) is 3.13. The van der Waals surface area contributed by atoms with Crippen molar-refractivity contribution in [2.75, 3.05) is 20.1 Å². The van der Waals surface area contributed by atoms with Crippen LogP contribution >= 0.6 is 11.6 Å². The van der Waals surface area contributed by atoms with Crippen molar-refractivity contribution >= 4 is 17.7 Å². The highest BCUT2D eigenvalue weighted by molar-refractivity contribution is 6.19. The molecule has 0 bridgehead atoms. The Kier molecular flexibility index (Phi) is 5.15. The molecule has 0 aliphatic carbocycles. The molecule has 0 unspecified atom stereocenters. The Morgan fingerprint density at radius 3 is 2.19 bits per heavy atom. The van der Waals surface area contributed by atoms with Crippen LogP contribution in [-0.2, 0) is 6.61 Å². The fourth-order valence-corrected chi connectivity index (χ4v) is 1.50. The Labute approximate surface area is 100 Å². The number of allylic oxidation sites excluding steroid dienone is 1. The molecule has 0 aromatic heterocycles. The maximum Gasteiger partial charge on any atom is 0.130 e. The van der Waals surface area contributed by atoms with Crippen LogP contribution in [0.1, 0.15) is 11.1 Å². The molecular formula is C12H15ClO3. The second kappa shape index (κ2) is 6.40. The van der Waals surface area contributed by atoms with E-state index in [1.165, 1.54) is 0 Å². The van der Waals surface area contributed by atoms with Crippen LogP contribution in [0.15, 0.2) is 18.2 Å². The maximum absolute atomic E-state index is 9.09. The maximum atomic E-state index is 9.09. The third kappa shape index (κ3) is 2.90. The number of aliphatic hydroxyl groups excluding tert-OH is 1. The van der Waals surface area contributed by atoms with E-state index in [-0.39, 0.29) is 6.61 Å². The summed E-state index contributed by atoms with van der Waals surface area (Å²) in [4.78, 5) is 0. The standard InChI is InChI=1S/C12H15ClO3/c1-15-11-6-9(8-14)7-12(16-2)10(11)4-3-5-13/h3-4,6-7,14H,5,8H2,1-2H3. The van der Waals surface area contributed by atoms with Gasteiger partial charge in [-0.05, 0) is 17.7 Å². The number of rotatable bonds is 5. The first-order valence-electron chi connectivity index (χ1n) is 4.85. The molecule has 0 fully saturated rings. The normalized spacial score (nSPS) is 10.8. The fraction of sp³-hybridized carbons (Fsp3) is 0.333. The topological polar surface area (TPSA) is 38.7 Å². The number of benzene rings is 1. The summed E-state index contributed by atoms with van der Waals surface area (Å²) < 4.78 is 10.5. The van der Waals surface area contributed by atoms with E-state index in [1.54, 1.807) is 32.4 Å². The van der Waals surface area contributed by atoms with Gasteiger partial charge in [0.15, 0.2) is 0 Å². The number of ether oxygens (including phenoxy) is 2. The van der Waals surface area contributed by atoms with E-state index in [1.807, 2.05) is 6.08 Å². The summed E-state index contributed by atoms with van der Waals surface area (Å²) in [7, 11) is 3.15. The van der Waals surface area contributed by atoms with E-state index in [9.17, 15) is 0 Å². The lowest BCUT2D eigenvalue weighted by molar-refractivity contribution is 0.280. The van der Waals surface area contributed by atoms with Crippen molar-refractivity contribution in [1.29, 1.82) is 0 Å². The molecule has 1 N–H and O–H groups in total. The van der Waals surface area contributed by atoms with E-state index < -0.39 is 0 Å². The molecule has 1 aromatic rings. The SMILES string of the molecule is COc1cc(CO)cc(OC)c1C=CCCl. The molecule has 0 saturated heterocycles. The highest BCUT2D eigenvalue weighted by atomic mass is 35.5. The van der Waals surface area contributed by atoms with E-state index in [0.29, 0.717) is 17.4 Å². The average molecular weight is 243 g/mol. The zero-order valence-electron chi connectivity index (χ0n) is 9.37. The van der Waals surface area contributed by atoms with Gasteiger partial charge in [0.25, 0.3) is 0 Å². The molecule has 0 aliphatic rings. The third-order valence-electron chi connectivity index (χ3n) is 2.16. The average Bonchev–Trinajstić information content (AvgIpc) is 2.35. The van der Waals surface area contributed by atoms with Gasteiger partial charge in [0, 0.05) is 5.88 Å². The lowest BCUT2D eigenvalue weighted by atomic mass is 10.1. The van der Waals surface area contributed by atoms with E-state index in [2.05, 4.69) is 0 Å². The summed E-state index contributed by atoms with van der Waals surface area (Å²) in [5, 5.41) is 9.09. The van der Waals surface area contributed by atoms with Crippen LogP contribution in [0.4, 0.5) is 0 Å². The fourth-order valence-electron chi connectivity index (χ4n) is 1.41. The molecule has 16 heavy (non-hydrogen) atoms. The Morgan fingerprint density at radius 2 is 1.81 bits per heavy atom. The summed E-state index contributed by atoms with van der Waals surface area (Å²) in [5.74, 6) is 1.74. The first-order chi connectivity index (χ1) is 7.76. The summed E-state index contributed by atoms with van der Waals surface area (Å²) in [5.41, 5.74) is 1.57. The van der Waals surface area contributed by atoms with Gasteiger partial charge in [-0.2, -0.15) is 0 Å². The van der Waals surface area contributed by atoms with Crippen molar-refractivity contribution < 1.29 is 14.6 Å². The van der Waals surface area contributed by atoms with Gasteiger partial charge in [-0.25, -0.2) is 0 Å². The molecule has 0 aliphatic heterocycles. The summed E-state index contributed by atoms with van der Waals surface area (Å²) >= 11 is 5.59. The van der Waals surface area contributed by atoms with Gasteiger partial charge in [0.1, 0.15) is 11.5 Å². The summed E-state index contributed by atoms with van der Waals surface area (Å²) in [6.07, 6.45) is 3.65. The van der Waals surface area contributed by atoms with Crippen LogP contribution in [0.2, 0.25) is 0 Å². The molecule has 1 aromatic carbocycles. The minimum atomic E-state index is -0.0494. The molecule has 4 heteroatoms. The number of alkyl halides is 1. The van der Waals surface area contributed by atoms with Crippen molar-refractivity contribution in [2.24, 2.45) is 0 Å². The number of hydrogen-bond acceptors (Lipinski definition) is 3. The molecule has 0 saturated carbocycles. The first kappa shape index (κ1) is 12.9. The van der Waals surface area contributed by atoms with Crippen molar-refractivity contribution in [3.8, 4) is 11.5 Å². The summed E-state index contributed by atoms with van der Waals surface area (Å²) in [6, 6.07) is 3.55. The number of aliphatic hydroxyl groups is 1. The smallest absolute Gasteiger partial charge is 0.130 e. The van der Waals surface area contributed by atoms with Crippen LogP contribution < -0.4 is 9.47 Å². The lowest BCUT2D eigenvalue weighted by Crippen LogP contribution is -1.95. The van der Waals surface area contributed by atoms with Crippen LogP contribution in [0.3, 0.4) is 0 Å². The minimum Gasteiger partial charge on any atom is -0.496 e. The summed E-state index contributed by atoms with van der Waals surface area (Å²) in [6.45, 7) is -0.0494. The van der Waals surface area contributed by atoms with Gasteiger partial charge >= 0.3 is 0 Å². The second-order valence-corrected chi connectivity index (χ2v) is 3.44. The van der Waals surface area contributed by atoms with Crippen molar-refractivity contribution in [2.45, 2.75) is 6.61 Å². The van der Waals surface area contributed by atoms with Gasteiger partial charge < -0.3 is 14.6 Å². The Bertz CT molecular complexity index is 350. The van der Waals surface area contributed by atoms with E-state index in [0.717, 1.165) is 11.1 Å². The predicted molar refractivity (Wildman–Crippen MR) is 65.2 cm³/mol. The largest absolute Gasteiger partial charge is 0.496 e. The van der Waals surface area contributed by atoms with Crippen LogP contribution in [0, 0.1) is 0 Å². The molecule has 0 amide bonds. The monoisotopic (exact) mass is 242 g/mol. The third-order valence-corrected chi connectivity index (χ3v) is 2.34. The number of halogens is 1. The van der Waals surface area contributed by atoms with Gasteiger partial charge in [0.05, 0.1) is 26.4 Å². The number of hydrogen-bond donors (Lipinski definition) is 1. The molecule has 88 valence electrons. The van der Waals surface area contributed by atoms with Crippen molar-refractivity contribution in [3.05, 3.63) is 29.3 Å². The van der Waals surface area contributed by atoms with E-state index >= 15 is 0 Å². The molecule has 0 atom stereocenters. The molecule has 0 spiro atoms. The highest BCUT2D eigenvalue weighted by Crippen LogP contribution is 2.31. The Morgan fingerprint density at radius 1 is 1.25 bits per heavy atom. The molecule has 1 rings (SSSR count). The van der Waals surface area contributed by atoms with Gasteiger partial charge in [0.2, 0.25) is 0 Å². The van der Waals surface area contributed by atoms with Crippen molar-refractivity contribution in [3.63, 3.8) is 0 Å². The molecule has 3 nitrogen and oxygen atoms in total. The van der Waals surface area contributed by atoms with E-state index in [4.69, 9.17) is 26.2 Å². The van der Waals surface area contributed by atoms with Crippen molar-refractivity contribution in [1.82, 2.24) is 0 Å². The number of methoxy groups -OCH3 is 2. The van der Waals surface area contributed by atoms with Crippen LogP contribution in [0.5, 0.6) is 11.5 Å². The van der Waals surface area contributed by atoms with Gasteiger partial charge in [-0.1, -0.05) is 12.2 Å². The minimum absolute atomic E-state index is 0.0494. The predicted octanol–water partition coefficient (Wildman–Crippen LogP) is 2.45. The highest BCUT2D eigenvalue weighted by Gasteiger charge is 2.09. The van der Waals surface area contributed by atoms with Gasteiger partial charge in [-0.3, -0.25) is 0 Å². The molecule has 0 heterocycles. The molecule has 0 radical (unpaired) electrons. The van der Waals surface area contributed by atoms with Crippen LogP contribution in [0.25, 0.3) is 6.08 Å². The Balaban J connectivity index is 3.25. The molecular weight excluding hydrogens is 228 g/mol. The zero-order valence-corrected chi connectivity index (χ0v) is 10.1. The Hall–Kier alpha value is -1.19. The first-order valence-corrected chi connectivity index (χ1v) is 5.38. The van der Waals surface area contributed by atoms with Gasteiger partial charge in [-0.15, -0.1) is 11.6 Å². The lowest BCUT2D eigenvalue weighted by Gasteiger charge is -2.12. The quantitative estimate of drug-likeness (QED) is 0.806. The zero-order chi connectivity index (χ0) is 12.0.